The maximum Gasteiger partial charge on any atom is 0.278 e. The molecule has 0 fully saturated rings. The number of amides is 1. The molecule has 1 aromatic heterocycles. The lowest BCUT2D eigenvalue weighted by atomic mass is 10.2. The van der Waals surface area contributed by atoms with Crippen molar-refractivity contribution in [2.24, 2.45) is 10.7 Å². The number of aliphatic imine (C=N–C) groups is 1. The van der Waals surface area contributed by atoms with Crippen molar-refractivity contribution >= 4 is 35.6 Å². The summed E-state index contributed by atoms with van der Waals surface area (Å²) in [5.41, 5.74) is 13.5. The fourth-order valence-electron chi connectivity index (χ4n) is 1.92. The van der Waals surface area contributed by atoms with Gasteiger partial charge in [-0.05, 0) is 35.1 Å². The van der Waals surface area contributed by atoms with E-state index in [0.717, 1.165) is 11.3 Å². The first-order valence-corrected chi connectivity index (χ1v) is 8.43. The number of carbonyl (C=O) groups excluding carboxylic acids is 1. The van der Waals surface area contributed by atoms with Crippen LogP contribution < -0.4 is 21.5 Å². The van der Waals surface area contributed by atoms with E-state index in [4.69, 9.17) is 11.5 Å². The minimum atomic E-state index is -0.508. The number of hydrogen-bond acceptors (Lipinski definition) is 8. The fourth-order valence-corrected chi connectivity index (χ4v) is 2.27. The molecule has 0 bridgehead atoms. The molecule has 0 unspecified atom stereocenters. The number of nitrogens with zero attached hydrogens (tertiary/aromatic N) is 3. The van der Waals surface area contributed by atoms with Gasteiger partial charge in [-0.15, -0.1) is 0 Å². The number of rotatable bonds is 8. The number of anilines is 2. The highest BCUT2D eigenvalue weighted by Crippen LogP contribution is 2.15. The third-order valence-corrected chi connectivity index (χ3v) is 3.59. The second-order valence-electron chi connectivity index (χ2n) is 4.92. The minimum absolute atomic E-state index is 0.0266. The van der Waals surface area contributed by atoms with Crippen molar-refractivity contribution < 1.29 is 4.79 Å². The Morgan fingerprint density at radius 3 is 2.88 bits per heavy atom. The molecular formula is C17H19N7OS. The Bertz CT molecular complexity index is 835. The first kappa shape index (κ1) is 19.0. The van der Waals surface area contributed by atoms with Gasteiger partial charge in [-0.25, -0.2) is 9.97 Å². The SMILES string of the molecule is C=CSNc1cccc(CN=CC(=CN)NC(=O)c2nccnc2N)c1. The minimum Gasteiger partial charge on any atom is -0.403 e. The van der Waals surface area contributed by atoms with Crippen LogP contribution in [-0.2, 0) is 6.54 Å². The van der Waals surface area contributed by atoms with Crippen molar-refractivity contribution in [3.05, 3.63) is 71.8 Å². The first-order valence-electron chi connectivity index (χ1n) is 7.55. The Labute approximate surface area is 155 Å². The second kappa shape index (κ2) is 9.84. The van der Waals surface area contributed by atoms with Gasteiger partial charge >= 0.3 is 0 Å². The van der Waals surface area contributed by atoms with Crippen LogP contribution in [0, 0.1) is 0 Å². The molecule has 134 valence electrons. The van der Waals surface area contributed by atoms with Crippen molar-refractivity contribution in [1.29, 1.82) is 0 Å². The predicted molar refractivity (Wildman–Crippen MR) is 106 cm³/mol. The fraction of sp³-hybridized carbons (Fsp3) is 0.0588. The summed E-state index contributed by atoms with van der Waals surface area (Å²) < 4.78 is 3.13. The molecule has 1 amide bonds. The van der Waals surface area contributed by atoms with Gasteiger partial charge in [-0.3, -0.25) is 9.79 Å². The van der Waals surface area contributed by atoms with Crippen molar-refractivity contribution in [2.75, 3.05) is 10.5 Å². The van der Waals surface area contributed by atoms with Crippen LogP contribution in [0.15, 0.2) is 65.5 Å². The van der Waals surface area contributed by atoms with Gasteiger partial charge in [0.2, 0.25) is 0 Å². The maximum atomic E-state index is 12.1. The number of nitrogens with one attached hydrogen (secondary N) is 2. The van der Waals surface area contributed by atoms with Gasteiger partial charge in [0.15, 0.2) is 11.5 Å². The Balaban J connectivity index is 1.96. The zero-order valence-corrected chi connectivity index (χ0v) is 14.7. The Morgan fingerprint density at radius 1 is 1.35 bits per heavy atom. The zero-order chi connectivity index (χ0) is 18.8. The molecule has 2 rings (SSSR count). The highest BCUT2D eigenvalue weighted by molar-refractivity contribution is 8.03. The molecule has 0 aliphatic heterocycles. The van der Waals surface area contributed by atoms with Crippen molar-refractivity contribution in [2.45, 2.75) is 6.54 Å². The molecule has 2 aromatic rings. The molecule has 26 heavy (non-hydrogen) atoms. The van der Waals surface area contributed by atoms with Crippen LogP contribution in [0.25, 0.3) is 0 Å². The molecular weight excluding hydrogens is 350 g/mol. The molecule has 0 saturated carbocycles. The van der Waals surface area contributed by atoms with Crippen molar-refractivity contribution in [3.63, 3.8) is 0 Å². The average Bonchev–Trinajstić information content (AvgIpc) is 2.66. The van der Waals surface area contributed by atoms with Crippen LogP contribution in [0.3, 0.4) is 0 Å². The number of allylic oxidation sites excluding steroid dienone is 1. The van der Waals surface area contributed by atoms with Crippen LogP contribution in [0.2, 0.25) is 0 Å². The number of aromatic nitrogens is 2. The van der Waals surface area contributed by atoms with Gasteiger partial charge < -0.3 is 21.5 Å². The molecule has 1 aromatic carbocycles. The van der Waals surface area contributed by atoms with E-state index in [1.54, 1.807) is 5.41 Å². The van der Waals surface area contributed by atoms with Crippen LogP contribution in [0.4, 0.5) is 11.5 Å². The van der Waals surface area contributed by atoms with Gasteiger partial charge in [0.05, 0.1) is 12.2 Å². The molecule has 0 spiro atoms. The van der Waals surface area contributed by atoms with Gasteiger partial charge in [0, 0.05) is 30.5 Å². The molecule has 0 atom stereocenters. The zero-order valence-electron chi connectivity index (χ0n) is 13.9. The van der Waals surface area contributed by atoms with Crippen LogP contribution in [-0.4, -0.2) is 22.1 Å². The highest BCUT2D eigenvalue weighted by Gasteiger charge is 2.12. The number of benzene rings is 1. The van der Waals surface area contributed by atoms with Crippen LogP contribution in [0.5, 0.6) is 0 Å². The van der Waals surface area contributed by atoms with E-state index in [1.165, 1.54) is 36.8 Å². The molecule has 1 heterocycles. The van der Waals surface area contributed by atoms with Crippen molar-refractivity contribution in [3.8, 4) is 0 Å². The third-order valence-electron chi connectivity index (χ3n) is 3.07. The Morgan fingerprint density at radius 2 is 2.15 bits per heavy atom. The topological polar surface area (TPSA) is 131 Å². The molecule has 0 radical (unpaired) electrons. The van der Waals surface area contributed by atoms with Crippen molar-refractivity contribution in [1.82, 2.24) is 15.3 Å². The standard InChI is InChI=1S/C17H19N7OS/c1-2-26-24-13-5-3-4-12(8-13)10-20-11-14(9-18)23-17(25)15-16(19)22-7-6-21-15/h2-9,11,24H,1,10,18H2,(H2,19,22)(H,23,25). The molecule has 0 aliphatic carbocycles. The number of nitrogens with two attached hydrogens (primary N) is 2. The molecule has 0 aliphatic rings. The van der Waals surface area contributed by atoms with Gasteiger partial charge in [-0.2, -0.15) is 0 Å². The monoisotopic (exact) mass is 369 g/mol. The van der Waals surface area contributed by atoms with Gasteiger partial charge in [-0.1, -0.05) is 18.7 Å². The second-order valence-corrected chi connectivity index (χ2v) is 5.70. The van der Waals surface area contributed by atoms with Crippen LogP contribution in [0.1, 0.15) is 16.1 Å². The van der Waals surface area contributed by atoms with Crippen LogP contribution >= 0.6 is 11.9 Å². The van der Waals surface area contributed by atoms with E-state index >= 15 is 0 Å². The van der Waals surface area contributed by atoms with E-state index in [1.807, 2.05) is 24.3 Å². The van der Waals surface area contributed by atoms with E-state index in [0.29, 0.717) is 12.2 Å². The quantitative estimate of drug-likeness (QED) is 0.414. The summed E-state index contributed by atoms with van der Waals surface area (Å²) >= 11 is 1.39. The lowest BCUT2D eigenvalue weighted by Crippen LogP contribution is -2.26. The van der Waals surface area contributed by atoms with E-state index in [9.17, 15) is 4.79 Å². The summed E-state index contributed by atoms with van der Waals surface area (Å²) in [7, 11) is 0. The number of carbonyl (C=O) groups is 1. The number of hydrogen-bond donors (Lipinski definition) is 4. The predicted octanol–water partition coefficient (Wildman–Crippen LogP) is 2.06. The summed E-state index contributed by atoms with van der Waals surface area (Å²) in [5, 5.41) is 4.29. The Hall–Kier alpha value is -3.33. The van der Waals surface area contributed by atoms with E-state index in [-0.39, 0.29) is 11.5 Å². The summed E-state index contributed by atoms with van der Waals surface area (Å²) in [4.78, 5) is 24.2. The maximum absolute atomic E-state index is 12.1. The van der Waals surface area contributed by atoms with Gasteiger partial charge in [0.25, 0.3) is 5.91 Å². The molecule has 8 nitrogen and oxygen atoms in total. The normalized spacial score (nSPS) is 11.3. The summed E-state index contributed by atoms with van der Waals surface area (Å²) in [5.74, 6) is -0.466. The van der Waals surface area contributed by atoms with E-state index < -0.39 is 5.91 Å². The third kappa shape index (κ3) is 5.64. The lowest BCUT2D eigenvalue weighted by Gasteiger charge is -2.06. The van der Waals surface area contributed by atoms with Gasteiger partial charge in [0.1, 0.15) is 0 Å². The number of nitrogen functional groups attached to an aromatic ring is 1. The largest absolute Gasteiger partial charge is 0.403 e. The lowest BCUT2D eigenvalue weighted by molar-refractivity contribution is 0.0963. The Kier molecular flexibility index (Phi) is 7.19. The molecule has 9 heteroatoms. The molecule has 0 saturated heterocycles. The summed E-state index contributed by atoms with van der Waals surface area (Å²) in [6.45, 7) is 4.06. The summed E-state index contributed by atoms with van der Waals surface area (Å²) in [6, 6.07) is 7.79. The summed E-state index contributed by atoms with van der Waals surface area (Å²) in [6.07, 6.45) is 5.51. The van der Waals surface area contributed by atoms with E-state index in [2.05, 4.69) is 31.6 Å². The highest BCUT2D eigenvalue weighted by atomic mass is 32.2. The first-order chi connectivity index (χ1) is 12.6. The average molecular weight is 369 g/mol. The molecule has 6 N–H and O–H groups in total. The smallest absolute Gasteiger partial charge is 0.278 e.